The van der Waals surface area contributed by atoms with Crippen LogP contribution in [0.3, 0.4) is 0 Å². The number of methoxy groups -OCH3 is 1. The number of aromatic hydroxyl groups is 3. The van der Waals surface area contributed by atoms with Gasteiger partial charge in [0.15, 0.2) is 33.9 Å². The molecule has 0 fully saturated rings. The lowest BCUT2D eigenvalue weighted by atomic mass is 10.1. The highest BCUT2D eigenvalue weighted by Gasteiger charge is 2.15. The van der Waals surface area contributed by atoms with Gasteiger partial charge < -0.3 is 52.0 Å². The lowest BCUT2D eigenvalue weighted by molar-refractivity contribution is 0.415. The van der Waals surface area contributed by atoms with Gasteiger partial charge in [-0.05, 0) is 248 Å². The number of ether oxygens (including phenoxy) is 1. The van der Waals surface area contributed by atoms with E-state index in [1.165, 1.54) is 5.56 Å². The van der Waals surface area contributed by atoms with Gasteiger partial charge in [0, 0.05) is 78.4 Å². The number of rotatable bonds is 20. The van der Waals surface area contributed by atoms with Crippen LogP contribution in [-0.4, -0.2) is 112 Å². The molecule has 30 heteroatoms. The third-order valence-electron chi connectivity index (χ3n) is 22.1. The molecule has 0 saturated carbocycles. The summed E-state index contributed by atoms with van der Waals surface area (Å²) in [5.74, 6) is 5.79. The number of nitrogens with zero attached hydrogens (tertiary/aromatic N) is 18. The van der Waals surface area contributed by atoms with Crippen molar-refractivity contribution in [3.05, 3.63) is 453 Å². The van der Waals surface area contributed by atoms with Gasteiger partial charge in [-0.15, -0.1) is 0 Å². The zero-order valence-corrected chi connectivity index (χ0v) is 79.3. The van der Waals surface area contributed by atoms with Crippen molar-refractivity contribution < 1.29 is 20.1 Å². The lowest BCUT2D eigenvalue weighted by Gasteiger charge is -2.07. The van der Waals surface area contributed by atoms with E-state index in [4.69, 9.17) is 27.9 Å². The van der Waals surface area contributed by atoms with Crippen molar-refractivity contribution in [1.29, 1.82) is 0 Å². The van der Waals surface area contributed by atoms with Crippen LogP contribution in [0.5, 0.6) is 23.0 Å². The Labute approximate surface area is 847 Å². The largest absolute Gasteiger partial charge is 0.508 e. The first-order valence-corrected chi connectivity index (χ1v) is 46.7. The summed E-state index contributed by atoms with van der Waals surface area (Å²) in [4.78, 5) is 81.6. The molecule has 0 radical (unpaired) electrons. The number of phenolic OH excluding ortho intramolecular Hbond substituents is 3. The molecule has 24 aromatic rings. The Bertz CT molecular complexity index is 8570. The van der Waals surface area contributed by atoms with E-state index in [2.05, 4.69) is 134 Å². The molecule has 0 bridgehead atoms. The van der Waals surface area contributed by atoms with Gasteiger partial charge in [0.2, 0.25) is 0 Å². The summed E-state index contributed by atoms with van der Waals surface area (Å²) >= 11 is 12.0. The first-order valence-electron chi connectivity index (χ1n) is 46.0. The molecule has 0 atom stereocenters. The minimum absolute atomic E-state index is 0.212. The molecule has 0 amide bonds. The fourth-order valence-corrected chi connectivity index (χ4v) is 15.1. The molecular formula is C116H86Cl2N24O4. The van der Waals surface area contributed by atoms with E-state index in [-0.39, 0.29) is 17.2 Å². The Kier molecular flexibility index (Phi) is 30.2. The maximum Gasteiger partial charge on any atom is 0.180 e. The van der Waals surface area contributed by atoms with Crippen molar-refractivity contribution in [3.63, 3.8) is 0 Å². The number of para-hydroxylation sites is 3. The fraction of sp³-hybridized carbons (Fsp3) is 0.0172. The molecule has 12 aromatic heterocycles. The minimum Gasteiger partial charge on any atom is -0.508 e. The zero-order chi connectivity index (χ0) is 99.5. The first-order chi connectivity index (χ1) is 71.7. The smallest absolute Gasteiger partial charge is 0.180 e. The highest BCUT2D eigenvalue weighted by atomic mass is 35.5. The summed E-state index contributed by atoms with van der Waals surface area (Å²) in [6.45, 7) is 0.699. The van der Waals surface area contributed by atoms with Gasteiger partial charge in [-0.2, -0.15) is 0 Å². The van der Waals surface area contributed by atoms with Crippen molar-refractivity contribution >= 4 is 154 Å². The highest BCUT2D eigenvalue weighted by Crippen LogP contribution is 2.32. The van der Waals surface area contributed by atoms with E-state index in [1.807, 2.05) is 328 Å². The van der Waals surface area contributed by atoms with E-state index < -0.39 is 0 Å². The predicted molar refractivity (Wildman–Crippen MR) is 581 cm³/mol. The Morgan fingerprint density at radius 3 is 0.712 bits per heavy atom. The number of benzene rings is 12. The summed E-state index contributed by atoms with van der Waals surface area (Å²) in [7, 11) is 1.65. The molecule has 0 spiro atoms. The van der Waals surface area contributed by atoms with Gasteiger partial charge in [0.1, 0.15) is 91.0 Å². The Hall–Kier alpha value is -19.8. The van der Waals surface area contributed by atoms with Crippen LogP contribution >= 0.6 is 23.2 Å². The molecule has 0 aliphatic heterocycles. The highest BCUT2D eigenvalue weighted by molar-refractivity contribution is 6.31. The van der Waals surface area contributed by atoms with Crippen LogP contribution in [0.1, 0.15) is 5.56 Å². The van der Waals surface area contributed by atoms with Crippen LogP contribution < -0.4 is 36.6 Å². The average Bonchev–Trinajstić information content (AvgIpc) is 0.831. The fourth-order valence-electron chi connectivity index (χ4n) is 14.8. The molecule has 146 heavy (non-hydrogen) atoms. The number of phenols is 3. The molecule has 0 aliphatic carbocycles. The van der Waals surface area contributed by atoms with Crippen molar-refractivity contribution in [2.75, 3.05) is 39.0 Å². The molecule has 0 aliphatic rings. The maximum atomic E-state index is 9.41. The van der Waals surface area contributed by atoms with Gasteiger partial charge in [0.25, 0.3) is 0 Å². The third kappa shape index (κ3) is 25.6. The quantitative estimate of drug-likeness (QED) is 0.0342. The number of halogens is 2. The topological polar surface area (TPSA) is 374 Å². The Morgan fingerprint density at radius 2 is 0.445 bits per heavy atom. The number of pyridine rings is 6. The molecule has 28 nitrogen and oxygen atoms in total. The molecule has 0 saturated heterocycles. The van der Waals surface area contributed by atoms with Crippen molar-refractivity contribution in [2.45, 2.75) is 6.54 Å². The molecule has 24 rings (SSSR count). The van der Waals surface area contributed by atoms with E-state index in [9.17, 15) is 15.3 Å². The molecule has 12 aromatic carbocycles. The second-order valence-corrected chi connectivity index (χ2v) is 33.3. The van der Waals surface area contributed by atoms with Crippen LogP contribution in [-0.2, 0) is 6.54 Å². The average molecular weight is 1950 g/mol. The van der Waals surface area contributed by atoms with Crippen LogP contribution in [0.4, 0.5) is 63.3 Å². The monoisotopic (exact) mass is 1950 g/mol. The summed E-state index contributed by atoms with van der Waals surface area (Å²) < 4.78 is 5.19. The van der Waals surface area contributed by atoms with E-state index in [0.29, 0.717) is 84.8 Å². The maximum absolute atomic E-state index is 9.41. The number of hydrogen-bond acceptors (Lipinski definition) is 28. The van der Waals surface area contributed by atoms with E-state index in [0.717, 1.165) is 135 Å². The second kappa shape index (κ2) is 46.3. The number of nitrogens with one attached hydrogen (secondary N) is 6. The third-order valence-corrected chi connectivity index (χ3v) is 22.6. The molecular weight excluding hydrogens is 1860 g/mol. The summed E-state index contributed by atoms with van der Waals surface area (Å²) in [6.07, 6.45) is 10.4. The first kappa shape index (κ1) is 95.1. The van der Waals surface area contributed by atoms with Gasteiger partial charge in [-0.25, -0.2) is 59.8 Å². The predicted octanol–water partition coefficient (Wildman–Crippen LogP) is 26.9. The number of hydrogen-bond donors (Lipinski definition) is 9. The standard InChI is InChI=1S/2C20H16N4O.C19H13ClN4O.C19H13ClN4.C19H14N4O.C19H14N4/c1-25-16-9-7-14(8-10-16)18-13-21-17-11-12-19(24-20(17)23-18)22-15-5-3-2-4-6-15;25-16-8-6-15(7-9-16)18-13-21-17-10-11-19(24-20(17)23-18)22-12-14-4-2-1-3-5-14;20-13-2-1-3-14(10-13)22-18-9-8-16-19(24-18)23-17(11-21-16)12-4-6-15(25)7-5-12;20-14-7-4-8-15(11-14)22-18-10-9-16-19(24-18)23-17(12-21-16)13-5-2-1-3-6-13;24-15-8-6-13(7-9-15)17-12-20-16-10-11-18(23-19(16)22-17)21-14-4-2-1-3-5-14;1-3-7-14(8-4-1)17-13-20-16-11-12-18(23-19(16)22-17)21-15-9-5-2-6-10-15/h2-13H,1H3,(H,22,23,24);1-11,13,25H,12H2,(H,22,23,24);1-11,25H,(H,22,23,24);1-12H,(H,22,23,24);1-12,24H,(H,21,22,23);1-13H,(H,21,22,23). The summed E-state index contributed by atoms with van der Waals surface area (Å²) in [5, 5.41) is 49.1. The van der Waals surface area contributed by atoms with Crippen LogP contribution in [0.2, 0.25) is 10.0 Å². The number of fused-ring (bicyclic) bond motifs is 6. The van der Waals surface area contributed by atoms with Crippen molar-refractivity contribution in [2.24, 2.45) is 0 Å². The van der Waals surface area contributed by atoms with Crippen LogP contribution in [0, 0.1) is 0 Å². The van der Waals surface area contributed by atoms with Gasteiger partial charge in [-0.3, -0.25) is 29.9 Å². The molecule has 12 heterocycles. The van der Waals surface area contributed by atoms with Gasteiger partial charge in [-0.1, -0.05) is 181 Å². The summed E-state index contributed by atoms with van der Waals surface area (Å²) in [6, 6.07) is 126. The van der Waals surface area contributed by atoms with Crippen molar-refractivity contribution in [1.82, 2.24) is 89.7 Å². The van der Waals surface area contributed by atoms with Crippen LogP contribution in [0.15, 0.2) is 438 Å². The van der Waals surface area contributed by atoms with E-state index >= 15 is 0 Å². The number of aromatic nitrogens is 18. The number of anilines is 11. The summed E-state index contributed by atoms with van der Waals surface area (Å²) in [5.41, 5.74) is 24.0. The molecule has 0 unspecified atom stereocenters. The Morgan fingerprint density at radius 1 is 0.219 bits per heavy atom. The minimum atomic E-state index is 0.212. The lowest BCUT2D eigenvalue weighted by Crippen LogP contribution is -2.02. The second-order valence-electron chi connectivity index (χ2n) is 32.5. The van der Waals surface area contributed by atoms with Gasteiger partial charge >= 0.3 is 0 Å². The Balaban J connectivity index is 0.000000111. The van der Waals surface area contributed by atoms with Crippen LogP contribution in [0.25, 0.3) is 135 Å². The van der Waals surface area contributed by atoms with Gasteiger partial charge in [0.05, 0.1) is 78.5 Å². The normalized spacial score (nSPS) is 10.7. The molecule has 708 valence electrons. The molecule has 9 N–H and O–H groups in total. The SMILES string of the molecule is COc1ccc(-c2cnc3ccc(Nc4ccccc4)nc3n2)cc1.Clc1cccc(Nc2ccc3ncc(-c4ccccc4)nc3n2)c1.Oc1ccc(-c2cnc3ccc(NCc4ccccc4)nc3n2)cc1.Oc1ccc(-c2cnc3ccc(Nc4cccc(Cl)c4)nc3n2)cc1.Oc1ccc(-c2cnc3ccc(Nc4ccccc4)nc3n2)cc1.c1ccc(Nc2ccc3ncc(-c4ccccc4)nc3n2)cc1. The van der Waals surface area contributed by atoms with E-state index in [1.54, 1.807) is 105 Å². The van der Waals surface area contributed by atoms with Crippen molar-refractivity contribution in [3.8, 4) is 90.5 Å². The zero-order valence-electron chi connectivity index (χ0n) is 77.8.